The van der Waals surface area contributed by atoms with E-state index in [-0.39, 0.29) is 42.8 Å². The number of aliphatic hydroxyl groups excluding tert-OH is 1. The van der Waals surface area contributed by atoms with E-state index in [0.29, 0.717) is 6.42 Å². The SMILES string of the molecule is CC(C)C1=C(NC(=O)[C@H](C)NC(=O)OCc2ccccc2)C(=O)N2[C@H](CO)CC[C@H]2C1. The zero-order chi connectivity index (χ0) is 22.5. The van der Waals surface area contributed by atoms with E-state index in [1.54, 1.807) is 4.90 Å². The van der Waals surface area contributed by atoms with Gasteiger partial charge in [-0.3, -0.25) is 9.59 Å². The molecule has 3 amide bonds. The highest BCUT2D eigenvalue weighted by Crippen LogP contribution is 2.36. The van der Waals surface area contributed by atoms with Gasteiger partial charge in [-0.1, -0.05) is 44.2 Å². The van der Waals surface area contributed by atoms with E-state index >= 15 is 0 Å². The van der Waals surface area contributed by atoms with Crippen LogP contribution in [0.3, 0.4) is 0 Å². The van der Waals surface area contributed by atoms with Crippen LogP contribution in [0.4, 0.5) is 4.79 Å². The summed E-state index contributed by atoms with van der Waals surface area (Å²) in [5.74, 6) is -0.659. The van der Waals surface area contributed by atoms with Gasteiger partial charge in [0.1, 0.15) is 18.3 Å². The molecule has 1 fully saturated rings. The number of rotatable bonds is 7. The van der Waals surface area contributed by atoms with Crippen molar-refractivity contribution in [2.75, 3.05) is 6.61 Å². The summed E-state index contributed by atoms with van der Waals surface area (Å²) in [4.78, 5) is 39.7. The summed E-state index contributed by atoms with van der Waals surface area (Å²) in [6.07, 6.45) is 1.57. The average Bonchev–Trinajstić information content (AvgIpc) is 3.18. The number of benzene rings is 1. The number of fused-ring (bicyclic) bond motifs is 1. The standard InChI is InChI=1S/C23H31N3O5/c1-14(2)19-11-17-9-10-18(12-27)26(17)22(29)20(19)25-21(28)15(3)24-23(30)31-13-16-7-5-4-6-8-16/h4-8,14-15,17-18,27H,9-13H2,1-3H3,(H,24,30)(H,25,28)/t15-,17-,18-/m0/s1. The first-order valence-corrected chi connectivity index (χ1v) is 10.8. The molecule has 1 saturated heterocycles. The zero-order valence-electron chi connectivity index (χ0n) is 18.3. The van der Waals surface area contributed by atoms with Crippen LogP contribution in [0.5, 0.6) is 0 Å². The van der Waals surface area contributed by atoms with Crippen molar-refractivity contribution < 1.29 is 24.2 Å². The highest BCUT2D eigenvalue weighted by atomic mass is 16.5. The lowest BCUT2D eigenvalue weighted by Gasteiger charge is -2.37. The molecule has 168 valence electrons. The Kier molecular flexibility index (Phi) is 7.33. The summed E-state index contributed by atoms with van der Waals surface area (Å²) >= 11 is 0. The largest absolute Gasteiger partial charge is 0.445 e. The minimum Gasteiger partial charge on any atom is -0.445 e. The number of amides is 3. The van der Waals surface area contributed by atoms with E-state index in [9.17, 15) is 19.5 Å². The van der Waals surface area contributed by atoms with Crippen LogP contribution in [0.2, 0.25) is 0 Å². The molecule has 0 aliphatic carbocycles. The molecule has 0 unspecified atom stereocenters. The van der Waals surface area contributed by atoms with Gasteiger partial charge in [0.25, 0.3) is 5.91 Å². The summed E-state index contributed by atoms with van der Waals surface area (Å²) < 4.78 is 5.16. The van der Waals surface area contributed by atoms with E-state index in [1.165, 1.54) is 6.92 Å². The lowest BCUT2D eigenvalue weighted by molar-refractivity contribution is -0.134. The molecule has 8 heteroatoms. The predicted octanol–water partition coefficient (Wildman–Crippen LogP) is 2.08. The molecule has 2 aliphatic heterocycles. The summed E-state index contributed by atoms with van der Waals surface area (Å²) in [5, 5.41) is 14.9. The van der Waals surface area contributed by atoms with Crippen LogP contribution in [0.25, 0.3) is 0 Å². The molecule has 0 radical (unpaired) electrons. The Morgan fingerprint density at radius 1 is 1.19 bits per heavy atom. The van der Waals surface area contributed by atoms with Crippen molar-refractivity contribution >= 4 is 17.9 Å². The van der Waals surface area contributed by atoms with E-state index in [2.05, 4.69) is 10.6 Å². The summed E-state index contributed by atoms with van der Waals surface area (Å²) in [7, 11) is 0. The van der Waals surface area contributed by atoms with Gasteiger partial charge in [0.05, 0.1) is 12.6 Å². The number of alkyl carbamates (subject to hydrolysis) is 1. The molecule has 1 aromatic carbocycles. The second-order valence-corrected chi connectivity index (χ2v) is 8.46. The minimum atomic E-state index is -0.887. The van der Waals surface area contributed by atoms with Crippen LogP contribution in [0.15, 0.2) is 41.6 Å². The molecule has 2 heterocycles. The maximum atomic E-state index is 13.2. The molecule has 3 N–H and O–H groups in total. The maximum absolute atomic E-state index is 13.2. The summed E-state index contributed by atoms with van der Waals surface area (Å²) in [6.45, 7) is 5.53. The highest BCUT2D eigenvalue weighted by Gasteiger charge is 2.43. The van der Waals surface area contributed by atoms with E-state index in [4.69, 9.17) is 4.74 Å². The number of aliphatic hydroxyl groups is 1. The van der Waals surface area contributed by atoms with Gasteiger partial charge in [-0.25, -0.2) is 4.79 Å². The van der Waals surface area contributed by atoms with Gasteiger partial charge in [-0.2, -0.15) is 0 Å². The Bertz CT molecular complexity index is 852. The Morgan fingerprint density at radius 2 is 1.90 bits per heavy atom. The normalized spacial score (nSPS) is 21.7. The molecule has 8 nitrogen and oxygen atoms in total. The summed E-state index contributed by atoms with van der Waals surface area (Å²) in [6, 6.07) is 8.19. The van der Waals surface area contributed by atoms with Crippen LogP contribution in [-0.2, 0) is 20.9 Å². The number of nitrogens with zero attached hydrogens (tertiary/aromatic N) is 1. The topological polar surface area (TPSA) is 108 Å². The monoisotopic (exact) mass is 429 g/mol. The van der Waals surface area contributed by atoms with Crippen LogP contribution >= 0.6 is 0 Å². The lowest BCUT2D eigenvalue weighted by atomic mass is 9.89. The maximum Gasteiger partial charge on any atom is 0.408 e. The van der Waals surface area contributed by atoms with Crippen LogP contribution in [-0.4, -0.2) is 52.6 Å². The molecule has 2 aliphatic rings. The van der Waals surface area contributed by atoms with Gasteiger partial charge in [0.2, 0.25) is 5.91 Å². The molecule has 3 atom stereocenters. The van der Waals surface area contributed by atoms with Crippen molar-refractivity contribution in [3.63, 3.8) is 0 Å². The quantitative estimate of drug-likeness (QED) is 0.615. The first-order chi connectivity index (χ1) is 14.8. The van der Waals surface area contributed by atoms with Crippen molar-refractivity contribution in [1.29, 1.82) is 0 Å². The van der Waals surface area contributed by atoms with Crippen molar-refractivity contribution in [2.45, 2.75) is 64.8 Å². The van der Waals surface area contributed by atoms with Gasteiger partial charge in [0, 0.05) is 6.04 Å². The van der Waals surface area contributed by atoms with Crippen molar-refractivity contribution in [3.8, 4) is 0 Å². The minimum absolute atomic E-state index is 0.0613. The molecule has 0 spiro atoms. The fourth-order valence-electron chi connectivity index (χ4n) is 4.19. The smallest absolute Gasteiger partial charge is 0.408 e. The van der Waals surface area contributed by atoms with E-state index in [0.717, 1.165) is 24.0 Å². The first-order valence-electron chi connectivity index (χ1n) is 10.8. The van der Waals surface area contributed by atoms with Gasteiger partial charge in [-0.15, -0.1) is 0 Å². The van der Waals surface area contributed by atoms with Crippen molar-refractivity contribution in [1.82, 2.24) is 15.5 Å². The number of carbonyl (C=O) groups excluding carboxylic acids is 3. The Balaban J connectivity index is 1.63. The predicted molar refractivity (Wildman–Crippen MR) is 115 cm³/mol. The van der Waals surface area contributed by atoms with Crippen LogP contribution in [0, 0.1) is 5.92 Å². The second kappa shape index (κ2) is 9.96. The molecular weight excluding hydrogens is 398 g/mol. The molecule has 3 rings (SSSR count). The number of hydrogen-bond donors (Lipinski definition) is 3. The van der Waals surface area contributed by atoms with E-state index in [1.807, 2.05) is 44.2 Å². The molecule has 0 bridgehead atoms. The number of ether oxygens (including phenoxy) is 1. The fraction of sp³-hybridized carbons (Fsp3) is 0.522. The highest BCUT2D eigenvalue weighted by molar-refractivity contribution is 6.00. The Morgan fingerprint density at radius 3 is 2.55 bits per heavy atom. The molecule has 0 aromatic heterocycles. The molecule has 0 saturated carbocycles. The first kappa shape index (κ1) is 22.8. The Hall–Kier alpha value is -2.87. The number of carbonyl (C=O) groups is 3. The van der Waals surface area contributed by atoms with Crippen LogP contribution in [0.1, 0.15) is 45.6 Å². The van der Waals surface area contributed by atoms with Gasteiger partial charge in [-0.05, 0) is 43.2 Å². The van der Waals surface area contributed by atoms with E-state index < -0.39 is 18.0 Å². The van der Waals surface area contributed by atoms with Crippen molar-refractivity contribution in [2.24, 2.45) is 5.92 Å². The Labute approximate surface area is 182 Å². The zero-order valence-corrected chi connectivity index (χ0v) is 18.3. The van der Waals surface area contributed by atoms with Crippen LogP contribution < -0.4 is 10.6 Å². The molecular formula is C23H31N3O5. The number of hydrogen-bond acceptors (Lipinski definition) is 5. The summed E-state index contributed by atoms with van der Waals surface area (Å²) in [5.41, 5.74) is 2.01. The third-order valence-electron chi connectivity index (χ3n) is 5.94. The van der Waals surface area contributed by atoms with Gasteiger partial charge in [0.15, 0.2) is 0 Å². The van der Waals surface area contributed by atoms with Crippen molar-refractivity contribution in [3.05, 3.63) is 47.2 Å². The lowest BCUT2D eigenvalue weighted by Crippen LogP contribution is -2.52. The third kappa shape index (κ3) is 5.25. The molecule has 31 heavy (non-hydrogen) atoms. The second-order valence-electron chi connectivity index (χ2n) is 8.46. The van der Waals surface area contributed by atoms with Gasteiger partial charge < -0.3 is 25.4 Å². The number of nitrogens with one attached hydrogen (secondary N) is 2. The fourth-order valence-corrected chi connectivity index (χ4v) is 4.19. The molecule has 1 aromatic rings. The van der Waals surface area contributed by atoms with Gasteiger partial charge >= 0.3 is 6.09 Å². The third-order valence-corrected chi connectivity index (χ3v) is 5.94. The average molecular weight is 430 g/mol.